The molecule has 0 spiro atoms. The Balaban J connectivity index is 1.92. The van der Waals surface area contributed by atoms with E-state index in [0.717, 1.165) is 12.2 Å². The Hall–Kier alpha value is -0.680. The van der Waals surface area contributed by atoms with Crippen LogP contribution in [0.5, 0.6) is 0 Å². The summed E-state index contributed by atoms with van der Waals surface area (Å²) in [5.41, 5.74) is 0.0725. The standard InChI is InChI=1S/C13H16FNOS2/c14-12-5-4-9(17)7-11(12)13(16)15-8-10-3-1-2-6-18-10/h4-5,7,10,17H,1-3,6,8H2,(H,15,16). The van der Waals surface area contributed by atoms with Crippen molar-refractivity contribution >= 4 is 30.3 Å². The van der Waals surface area contributed by atoms with Crippen LogP contribution < -0.4 is 5.32 Å². The lowest BCUT2D eigenvalue weighted by molar-refractivity contribution is 0.0949. The van der Waals surface area contributed by atoms with Gasteiger partial charge in [0.15, 0.2) is 0 Å². The van der Waals surface area contributed by atoms with Gasteiger partial charge in [-0.25, -0.2) is 4.39 Å². The van der Waals surface area contributed by atoms with Crippen LogP contribution in [0.1, 0.15) is 29.6 Å². The average molecular weight is 285 g/mol. The number of hydrogen-bond donors (Lipinski definition) is 2. The van der Waals surface area contributed by atoms with Crippen molar-refractivity contribution in [3.05, 3.63) is 29.6 Å². The number of nitrogens with one attached hydrogen (secondary N) is 1. The molecule has 0 radical (unpaired) electrons. The lowest BCUT2D eigenvalue weighted by Gasteiger charge is -2.21. The maximum absolute atomic E-state index is 13.5. The zero-order valence-electron chi connectivity index (χ0n) is 9.99. The monoisotopic (exact) mass is 285 g/mol. The van der Waals surface area contributed by atoms with Crippen molar-refractivity contribution in [3.63, 3.8) is 0 Å². The van der Waals surface area contributed by atoms with Crippen molar-refractivity contribution in [2.24, 2.45) is 0 Å². The first kappa shape index (κ1) is 13.7. The van der Waals surface area contributed by atoms with Gasteiger partial charge in [-0.05, 0) is 36.8 Å². The van der Waals surface area contributed by atoms with E-state index in [4.69, 9.17) is 0 Å². The summed E-state index contributed by atoms with van der Waals surface area (Å²) in [6, 6.07) is 4.26. The first-order valence-corrected chi connectivity index (χ1v) is 7.55. The molecule has 1 aliphatic heterocycles. The van der Waals surface area contributed by atoms with Crippen LogP contribution in [0.2, 0.25) is 0 Å². The minimum Gasteiger partial charge on any atom is -0.351 e. The Kier molecular flexibility index (Phi) is 4.95. The van der Waals surface area contributed by atoms with Gasteiger partial charge in [0.05, 0.1) is 5.56 Å². The third-order valence-electron chi connectivity index (χ3n) is 2.96. The molecule has 18 heavy (non-hydrogen) atoms. The molecule has 2 nitrogen and oxygen atoms in total. The van der Waals surface area contributed by atoms with E-state index >= 15 is 0 Å². The van der Waals surface area contributed by atoms with Gasteiger partial charge in [-0.1, -0.05) is 6.42 Å². The third kappa shape index (κ3) is 3.65. The Morgan fingerprint density at radius 2 is 2.33 bits per heavy atom. The number of rotatable bonds is 3. The SMILES string of the molecule is O=C(NCC1CCCCS1)c1cc(S)ccc1F. The van der Waals surface area contributed by atoms with E-state index in [1.807, 2.05) is 11.8 Å². The van der Waals surface area contributed by atoms with Gasteiger partial charge in [-0.3, -0.25) is 4.79 Å². The van der Waals surface area contributed by atoms with Crippen molar-refractivity contribution < 1.29 is 9.18 Å². The zero-order valence-corrected chi connectivity index (χ0v) is 11.7. The first-order chi connectivity index (χ1) is 8.66. The average Bonchev–Trinajstić information content (AvgIpc) is 2.40. The predicted octanol–water partition coefficient (Wildman–Crippen LogP) is 3.13. The second-order valence-corrected chi connectivity index (χ2v) is 6.29. The molecule has 1 amide bonds. The number of benzene rings is 1. The normalized spacial score (nSPS) is 19.6. The van der Waals surface area contributed by atoms with Crippen LogP contribution in [0.25, 0.3) is 0 Å². The highest BCUT2D eigenvalue weighted by atomic mass is 32.2. The molecule has 1 aromatic rings. The van der Waals surface area contributed by atoms with Crippen molar-refractivity contribution in [1.29, 1.82) is 0 Å². The largest absolute Gasteiger partial charge is 0.351 e. The number of halogens is 1. The van der Waals surface area contributed by atoms with Gasteiger partial charge < -0.3 is 5.32 Å². The minimum atomic E-state index is -0.499. The molecule has 1 unspecified atom stereocenters. The number of thioether (sulfide) groups is 1. The van der Waals surface area contributed by atoms with Gasteiger partial charge in [0.1, 0.15) is 5.82 Å². The molecule has 5 heteroatoms. The maximum atomic E-state index is 13.5. The number of carbonyl (C=O) groups is 1. The summed E-state index contributed by atoms with van der Waals surface area (Å²) < 4.78 is 13.5. The summed E-state index contributed by atoms with van der Waals surface area (Å²) in [4.78, 5) is 12.5. The number of hydrogen-bond acceptors (Lipinski definition) is 3. The fraction of sp³-hybridized carbons (Fsp3) is 0.462. The molecule has 0 aliphatic carbocycles. The molecule has 1 aromatic carbocycles. The summed E-state index contributed by atoms with van der Waals surface area (Å²) in [7, 11) is 0. The second-order valence-electron chi connectivity index (χ2n) is 4.36. The van der Waals surface area contributed by atoms with Gasteiger partial charge in [0.2, 0.25) is 0 Å². The number of carbonyl (C=O) groups excluding carboxylic acids is 1. The molecule has 1 N–H and O–H groups in total. The summed E-state index contributed by atoms with van der Waals surface area (Å²) >= 11 is 6.00. The van der Waals surface area contributed by atoms with E-state index in [9.17, 15) is 9.18 Å². The molecule has 2 rings (SSSR count). The van der Waals surface area contributed by atoms with Crippen LogP contribution in [0.4, 0.5) is 4.39 Å². The molecular weight excluding hydrogens is 269 g/mol. The molecule has 1 saturated heterocycles. The Bertz CT molecular complexity index is 433. The molecule has 1 atom stereocenters. The molecular formula is C13H16FNOS2. The molecule has 1 aliphatic rings. The molecule has 1 fully saturated rings. The van der Waals surface area contributed by atoms with E-state index in [1.165, 1.54) is 31.0 Å². The molecule has 0 aromatic heterocycles. The van der Waals surface area contributed by atoms with E-state index in [2.05, 4.69) is 17.9 Å². The molecule has 98 valence electrons. The van der Waals surface area contributed by atoms with Gasteiger partial charge in [0.25, 0.3) is 5.91 Å². The van der Waals surface area contributed by atoms with Crippen LogP contribution in [0, 0.1) is 5.82 Å². The summed E-state index contributed by atoms with van der Waals surface area (Å²) in [5.74, 6) is 0.303. The predicted molar refractivity (Wildman–Crippen MR) is 76.1 cm³/mol. The lowest BCUT2D eigenvalue weighted by atomic mass is 10.1. The van der Waals surface area contributed by atoms with Gasteiger partial charge in [-0.15, -0.1) is 12.6 Å². The number of thiol groups is 1. The highest BCUT2D eigenvalue weighted by molar-refractivity contribution is 7.99. The van der Waals surface area contributed by atoms with Crippen molar-refractivity contribution in [3.8, 4) is 0 Å². The fourth-order valence-electron chi connectivity index (χ4n) is 1.96. The quantitative estimate of drug-likeness (QED) is 0.836. The fourth-order valence-corrected chi connectivity index (χ4v) is 3.40. The zero-order chi connectivity index (χ0) is 13.0. The van der Waals surface area contributed by atoms with Crippen LogP contribution in [-0.4, -0.2) is 23.5 Å². The summed E-state index contributed by atoms with van der Waals surface area (Å²) in [6.45, 7) is 0.611. The van der Waals surface area contributed by atoms with E-state index in [1.54, 1.807) is 0 Å². The van der Waals surface area contributed by atoms with Crippen molar-refractivity contribution in [2.45, 2.75) is 29.4 Å². The van der Waals surface area contributed by atoms with Crippen LogP contribution in [0.15, 0.2) is 23.1 Å². The molecule has 0 saturated carbocycles. The first-order valence-electron chi connectivity index (χ1n) is 6.05. The Labute approximate surface area is 116 Å². The van der Waals surface area contributed by atoms with Crippen molar-refractivity contribution in [1.82, 2.24) is 5.32 Å². The second kappa shape index (κ2) is 6.48. The van der Waals surface area contributed by atoms with Crippen LogP contribution in [-0.2, 0) is 0 Å². The topological polar surface area (TPSA) is 29.1 Å². The van der Waals surface area contributed by atoms with E-state index in [0.29, 0.717) is 16.7 Å². The van der Waals surface area contributed by atoms with E-state index < -0.39 is 5.82 Å². The highest BCUT2D eigenvalue weighted by Crippen LogP contribution is 2.24. The van der Waals surface area contributed by atoms with Crippen LogP contribution in [0.3, 0.4) is 0 Å². The highest BCUT2D eigenvalue weighted by Gasteiger charge is 2.17. The molecule has 1 heterocycles. The number of amides is 1. The molecule has 0 bridgehead atoms. The van der Waals surface area contributed by atoms with Gasteiger partial charge in [0, 0.05) is 16.7 Å². The van der Waals surface area contributed by atoms with Gasteiger partial charge >= 0.3 is 0 Å². The summed E-state index contributed by atoms with van der Waals surface area (Å²) in [5, 5.41) is 3.27. The van der Waals surface area contributed by atoms with Gasteiger partial charge in [-0.2, -0.15) is 11.8 Å². The smallest absolute Gasteiger partial charge is 0.254 e. The Morgan fingerprint density at radius 3 is 3.06 bits per heavy atom. The van der Waals surface area contributed by atoms with Crippen molar-refractivity contribution in [2.75, 3.05) is 12.3 Å². The maximum Gasteiger partial charge on any atom is 0.254 e. The third-order valence-corrected chi connectivity index (χ3v) is 4.64. The minimum absolute atomic E-state index is 0.0725. The Morgan fingerprint density at radius 1 is 1.50 bits per heavy atom. The summed E-state index contributed by atoms with van der Waals surface area (Å²) in [6.07, 6.45) is 3.60. The van der Waals surface area contributed by atoms with E-state index in [-0.39, 0.29) is 11.5 Å². The van der Waals surface area contributed by atoms with Crippen LogP contribution >= 0.6 is 24.4 Å². The lowest BCUT2D eigenvalue weighted by Crippen LogP contribution is -2.32.